The van der Waals surface area contributed by atoms with Gasteiger partial charge in [0.25, 0.3) is 0 Å². The summed E-state index contributed by atoms with van der Waals surface area (Å²) in [5.41, 5.74) is 1.81. The molecule has 0 saturated carbocycles. The van der Waals surface area contributed by atoms with Gasteiger partial charge in [0.1, 0.15) is 5.01 Å². The highest BCUT2D eigenvalue weighted by atomic mass is 35.5. The summed E-state index contributed by atoms with van der Waals surface area (Å²) < 4.78 is 0. The van der Waals surface area contributed by atoms with E-state index in [4.69, 9.17) is 23.2 Å². The lowest BCUT2D eigenvalue weighted by Gasteiger charge is -2.06. The maximum atomic E-state index is 12.0. The Morgan fingerprint density at radius 3 is 2.58 bits per heavy atom. The van der Waals surface area contributed by atoms with Crippen LogP contribution < -0.4 is 10.6 Å². The van der Waals surface area contributed by atoms with Crippen molar-refractivity contribution < 1.29 is 4.79 Å². The quantitative estimate of drug-likeness (QED) is 0.514. The van der Waals surface area contributed by atoms with E-state index in [1.54, 1.807) is 30.0 Å². The molecule has 134 valence electrons. The fourth-order valence-electron chi connectivity index (χ4n) is 2.03. The molecule has 0 aliphatic rings. The summed E-state index contributed by atoms with van der Waals surface area (Å²) >= 11 is 14.9. The number of benzene rings is 2. The lowest BCUT2D eigenvalue weighted by atomic mass is 10.2. The molecule has 2 aromatic carbocycles. The topological polar surface area (TPSA) is 66.9 Å². The van der Waals surface area contributed by atoms with Gasteiger partial charge >= 0.3 is 6.03 Å². The number of carbonyl (C=O) groups is 1. The number of nitrogens with one attached hydrogen (secondary N) is 2. The molecule has 0 fully saturated rings. The maximum absolute atomic E-state index is 12.0. The number of aromatic nitrogens is 2. The second-order valence-corrected chi connectivity index (χ2v) is 8.05. The van der Waals surface area contributed by atoms with Gasteiger partial charge in [-0.1, -0.05) is 64.9 Å². The van der Waals surface area contributed by atoms with E-state index in [0.29, 0.717) is 20.9 Å². The van der Waals surface area contributed by atoms with E-state index in [1.165, 1.54) is 16.9 Å². The minimum atomic E-state index is -0.414. The Morgan fingerprint density at radius 2 is 1.81 bits per heavy atom. The molecule has 0 saturated heterocycles. The van der Waals surface area contributed by atoms with Crippen LogP contribution in [-0.4, -0.2) is 16.2 Å². The smallest absolute Gasteiger partial charge is 0.308 e. The third kappa shape index (κ3) is 5.60. The van der Waals surface area contributed by atoms with Crippen molar-refractivity contribution in [3.8, 4) is 0 Å². The van der Waals surface area contributed by atoms with E-state index in [9.17, 15) is 4.79 Å². The minimum absolute atomic E-state index is 0.373. The number of hydrogen-bond acceptors (Lipinski definition) is 5. The van der Waals surface area contributed by atoms with E-state index in [-0.39, 0.29) is 0 Å². The van der Waals surface area contributed by atoms with Gasteiger partial charge in [0, 0.05) is 17.2 Å². The van der Waals surface area contributed by atoms with Crippen molar-refractivity contribution in [2.24, 2.45) is 0 Å². The summed E-state index contributed by atoms with van der Waals surface area (Å²) in [6.45, 7) is 0. The molecule has 0 bridgehead atoms. The molecule has 0 aliphatic heterocycles. The molecule has 1 aromatic heterocycles. The van der Waals surface area contributed by atoms with Crippen LogP contribution in [-0.2, 0) is 11.5 Å². The van der Waals surface area contributed by atoms with Gasteiger partial charge in [-0.3, -0.25) is 5.32 Å². The number of anilines is 2. The Kier molecular flexibility index (Phi) is 6.73. The summed E-state index contributed by atoms with van der Waals surface area (Å²) in [6, 6.07) is 14.7. The first-order valence-corrected chi connectivity index (χ1v) is 10.3. The van der Waals surface area contributed by atoms with Gasteiger partial charge in [-0.25, -0.2) is 4.79 Å². The monoisotopic (exact) mass is 424 g/mol. The number of nitrogens with zero attached hydrogens (tertiary/aromatic N) is 2. The number of urea groups is 1. The predicted octanol–water partition coefficient (Wildman–Crippen LogP) is 5.92. The van der Waals surface area contributed by atoms with Crippen LogP contribution in [0.15, 0.2) is 48.5 Å². The zero-order valence-electron chi connectivity index (χ0n) is 13.4. The normalized spacial score (nSPS) is 10.5. The second kappa shape index (κ2) is 9.23. The van der Waals surface area contributed by atoms with Gasteiger partial charge in [0.05, 0.1) is 10.0 Å². The van der Waals surface area contributed by atoms with E-state index in [2.05, 4.69) is 33.0 Å². The molecule has 0 unspecified atom stereocenters. The first-order valence-electron chi connectivity index (χ1n) is 7.57. The average Bonchev–Trinajstić information content (AvgIpc) is 3.06. The van der Waals surface area contributed by atoms with Crippen LogP contribution in [0.2, 0.25) is 10.0 Å². The Balaban J connectivity index is 1.48. The third-order valence-electron chi connectivity index (χ3n) is 3.20. The van der Waals surface area contributed by atoms with Gasteiger partial charge in [0.2, 0.25) is 5.13 Å². The molecule has 5 nitrogen and oxygen atoms in total. The molecule has 0 atom stereocenters. The van der Waals surface area contributed by atoms with Crippen LogP contribution in [0.25, 0.3) is 0 Å². The molecular weight excluding hydrogens is 411 g/mol. The largest absolute Gasteiger partial charge is 0.325 e. The molecule has 2 amide bonds. The Hall–Kier alpha value is -1.80. The van der Waals surface area contributed by atoms with E-state index in [0.717, 1.165) is 16.5 Å². The van der Waals surface area contributed by atoms with Gasteiger partial charge < -0.3 is 5.32 Å². The minimum Gasteiger partial charge on any atom is -0.308 e. The van der Waals surface area contributed by atoms with Crippen LogP contribution in [0.1, 0.15) is 10.6 Å². The lowest BCUT2D eigenvalue weighted by molar-refractivity contribution is 0.262. The molecular formula is C17H14Cl2N4OS2. The summed E-state index contributed by atoms with van der Waals surface area (Å²) in [5.74, 6) is 1.64. The van der Waals surface area contributed by atoms with E-state index >= 15 is 0 Å². The average molecular weight is 425 g/mol. The van der Waals surface area contributed by atoms with Crippen LogP contribution in [0.4, 0.5) is 15.6 Å². The summed E-state index contributed by atoms with van der Waals surface area (Å²) in [6.07, 6.45) is 0. The number of halogens is 2. The first kappa shape index (κ1) is 19.0. The van der Waals surface area contributed by atoms with Crippen LogP contribution in [0.3, 0.4) is 0 Å². The third-order valence-corrected chi connectivity index (χ3v) is 5.98. The van der Waals surface area contributed by atoms with Gasteiger partial charge in [-0.05, 0) is 23.8 Å². The van der Waals surface area contributed by atoms with Gasteiger partial charge in [-0.2, -0.15) is 0 Å². The van der Waals surface area contributed by atoms with Crippen LogP contribution >= 0.6 is 46.3 Å². The lowest BCUT2D eigenvalue weighted by Crippen LogP contribution is -2.19. The van der Waals surface area contributed by atoms with Crippen molar-refractivity contribution in [2.45, 2.75) is 11.5 Å². The number of thioether (sulfide) groups is 1. The molecule has 9 heteroatoms. The van der Waals surface area contributed by atoms with Crippen LogP contribution in [0.5, 0.6) is 0 Å². The summed E-state index contributed by atoms with van der Waals surface area (Å²) in [4.78, 5) is 12.0. The molecule has 0 aliphatic carbocycles. The second-order valence-electron chi connectivity index (χ2n) is 5.19. The van der Waals surface area contributed by atoms with Crippen molar-refractivity contribution >= 4 is 63.2 Å². The van der Waals surface area contributed by atoms with Crippen molar-refractivity contribution in [1.29, 1.82) is 0 Å². The molecule has 1 heterocycles. The fourth-order valence-corrected chi connectivity index (χ4v) is 4.10. The zero-order valence-corrected chi connectivity index (χ0v) is 16.6. The van der Waals surface area contributed by atoms with E-state index in [1.807, 2.05) is 18.2 Å². The highest BCUT2D eigenvalue weighted by Gasteiger charge is 2.09. The molecule has 3 aromatic rings. The van der Waals surface area contributed by atoms with Crippen molar-refractivity contribution in [3.63, 3.8) is 0 Å². The molecule has 0 spiro atoms. The van der Waals surface area contributed by atoms with Gasteiger partial charge in [-0.15, -0.1) is 22.0 Å². The fraction of sp³-hybridized carbons (Fsp3) is 0.118. The zero-order chi connectivity index (χ0) is 18.4. The highest BCUT2D eigenvalue weighted by Crippen LogP contribution is 2.26. The Morgan fingerprint density at radius 1 is 1.00 bits per heavy atom. The van der Waals surface area contributed by atoms with Crippen LogP contribution in [0, 0.1) is 0 Å². The van der Waals surface area contributed by atoms with Gasteiger partial charge in [0.15, 0.2) is 0 Å². The van der Waals surface area contributed by atoms with Crippen molar-refractivity contribution in [2.75, 3.05) is 10.6 Å². The highest BCUT2D eigenvalue weighted by molar-refractivity contribution is 7.97. The van der Waals surface area contributed by atoms with E-state index < -0.39 is 6.03 Å². The van der Waals surface area contributed by atoms with Crippen molar-refractivity contribution in [1.82, 2.24) is 10.2 Å². The molecule has 3 rings (SSSR count). The molecule has 2 N–H and O–H groups in total. The number of hydrogen-bond donors (Lipinski definition) is 2. The number of carbonyl (C=O) groups excluding carboxylic acids is 1. The standard InChI is InChI=1S/C17H14Cl2N4OS2/c18-13-7-6-12(8-14(13)19)20-16(24)21-17-23-22-15(26-17)10-25-9-11-4-2-1-3-5-11/h1-8H,9-10H2,(H2,20,21,23,24). The molecule has 26 heavy (non-hydrogen) atoms. The maximum Gasteiger partial charge on any atom is 0.325 e. The van der Waals surface area contributed by atoms with Crippen molar-refractivity contribution in [3.05, 3.63) is 69.1 Å². The summed E-state index contributed by atoms with van der Waals surface area (Å²) in [5, 5.41) is 15.5. The number of amides is 2. The Labute approximate surface area is 169 Å². The molecule has 0 radical (unpaired) electrons. The SMILES string of the molecule is O=C(Nc1ccc(Cl)c(Cl)c1)Nc1nnc(CSCc2ccccc2)s1. The Bertz CT molecular complexity index is 889. The predicted molar refractivity (Wildman–Crippen MR) is 110 cm³/mol. The summed E-state index contributed by atoms with van der Waals surface area (Å²) in [7, 11) is 0. The number of rotatable bonds is 6. The first-order chi connectivity index (χ1) is 12.6.